The largest absolute Gasteiger partial charge is 0.352 e. The van der Waals surface area contributed by atoms with Crippen molar-refractivity contribution in [1.82, 2.24) is 15.5 Å². The predicted octanol–water partition coefficient (Wildman–Crippen LogP) is 0.195. The van der Waals surface area contributed by atoms with E-state index in [2.05, 4.69) is 29.5 Å². The summed E-state index contributed by atoms with van der Waals surface area (Å²) in [6, 6.07) is 0.429. The Hall–Kier alpha value is -0.610. The standard InChI is InChI=1S/C12H23N3O/c1-9-3-6-13-11(9)12(16)14-10-4-7-15(2)8-5-10/h9-11,13H,3-8H2,1-2H3,(H,14,16). The summed E-state index contributed by atoms with van der Waals surface area (Å²) in [5.41, 5.74) is 0. The Morgan fingerprint density at radius 2 is 2.00 bits per heavy atom. The van der Waals surface area contributed by atoms with E-state index in [1.807, 2.05) is 0 Å². The van der Waals surface area contributed by atoms with Gasteiger partial charge in [-0.1, -0.05) is 6.92 Å². The molecular formula is C12H23N3O. The van der Waals surface area contributed by atoms with Crippen LogP contribution in [0.3, 0.4) is 0 Å². The molecule has 2 fully saturated rings. The summed E-state index contributed by atoms with van der Waals surface area (Å²) in [7, 11) is 2.14. The number of hydrogen-bond donors (Lipinski definition) is 2. The minimum absolute atomic E-state index is 0.0413. The van der Waals surface area contributed by atoms with E-state index in [9.17, 15) is 4.79 Å². The summed E-state index contributed by atoms with van der Waals surface area (Å²) in [6.45, 7) is 5.32. The zero-order chi connectivity index (χ0) is 11.5. The highest BCUT2D eigenvalue weighted by molar-refractivity contribution is 5.82. The van der Waals surface area contributed by atoms with Crippen LogP contribution in [0.2, 0.25) is 0 Å². The maximum atomic E-state index is 12.0. The molecular weight excluding hydrogens is 202 g/mol. The topological polar surface area (TPSA) is 44.4 Å². The lowest BCUT2D eigenvalue weighted by atomic mass is 10.0. The molecule has 2 saturated heterocycles. The van der Waals surface area contributed by atoms with Gasteiger partial charge in [0, 0.05) is 6.04 Å². The van der Waals surface area contributed by atoms with E-state index in [1.165, 1.54) is 0 Å². The molecule has 0 aromatic rings. The molecule has 2 N–H and O–H groups in total. The predicted molar refractivity (Wildman–Crippen MR) is 64.2 cm³/mol. The molecule has 0 radical (unpaired) electrons. The molecule has 0 aromatic heterocycles. The summed E-state index contributed by atoms with van der Waals surface area (Å²) in [5, 5.41) is 6.47. The van der Waals surface area contributed by atoms with Crippen molar-refractivity contribution in [3.63, 3.8) is 0 Å². The fourth-order valence-electron chi connectivity index (χ4n) is 2.63. The third-order valence-corrected chi connectivity index (χ3v) is 3.88. The highest BCUT2D eigenvalue weighted by Crippen LogP contribution is 2.15. The van der Waals surface area contributed by atoms with Gasteiger partial charge in [-0.25, -0.2) is 0 Å². The van der Waals surface area contributed by atoms with Crippen LogP contribution in [-0.4, -0.2) is 49.6 Å². The first-order valence-electron chi connectivity index (χ1n) is 6.39. The Labute approximate surface area is 97.8 Å². The monoisotopic (exact) mass is 225 g/mol. The Morgan fingerprint density at radius 3 is 2.56 bits per heavy atom. The first-order chi connectivity index (χ1) is 7.66. The molecule has 0 saturated carbocycles. The fourth-order valence-corrected chi connectivity index (χ4v) is 2.63. The van der Waals surface area contributed by atoms with Gasteiger partial charge in [0.05, 0.1) is 6.04 Å². The second-order valence-electron chi connectivity index (χ2n) is 5.28. The van der Waals surface area contributed by atoms with Crippen molar-refractivity contribution in [3.05, 3.63) is 0 Å². The zero-order valence-electron chi connectivity index (χ0n) is 10.3. The molecule has 2 aliphatic heterocycles. The Morgan fingerprint density at radius 1 is 1.31 bits per heavy atom. The van der Waals surface area contributed by atoms with Gasteiger partial charge in [0.2, 0.25) is 5.91 Å². The first kappa shape index (κ1) is 11.9. The van der Waals surface area contributed by atoms with Crippen LogP contribution in [0, 0.1) is 5.92 Å². The van der Waals surface area contributed by atoms with Gasteiger partial charge in [-0.15, -0.1) is 0 Å². The fraction of sp³-hybridized carbons (Fsp3) is 0.917. The number of rotatable bonds is 2. The van der Waals surface area contributed by atoms with Crippen LogP contribution in [0.5, 0.6) is 0 Å². The van der Waals surface area contributed by atoms with Crippen LogP contribution in [0.4, 0.5) is 0 Å². The second kappa shape index (κ2) is 5.15. The molecule has 92 valence electrons. The van der Waals surface area contributed by atoms with E-state index in [-0.39, 0.29) is 11.9 Å². The van der Waals surface area contributed by atoms with Crippen LogP contribution in [0.15, 0.2) is 0 Å². The van der Waals surface area contributed by atoms with Crippen molar-refractivity contribution in [2.75, 3.05) is 26.7 Å². The highest BCUT2D eigenvalue weighted by Gasteiger charge is 2.30. The zero-order valence-corrected chi connectivity index (χ0v) is 10.3. The van der Waals surface area contributed by atoms with E-state index in [0.29, 0.717) is 12.0 Å². The van der Waals surface area contributed by atoms with Crippen LogP contribution < -0.4 is 10.6 Å². The smallest absolute Gasteiger partial charge is 0.237 e. The van der Waals surface area contributed by atoms with Crippen molar-refractivity contribution in [1.29, 1.82) is 0 Å². The Kier molecular flexibility index (Phi) is 3.82. The second-order valence-corrected chi connectivity index (χ2v) is 5.28. The van der Waals surface area contributed by atoms with Gasteiger partial charge in [0.1, 0.15) is 0 Å². The molecule has 0 bridgehead atoms. The van der Waals surface area contributed by atoms with Crippen molar-refractivity contribution in [3.8, 4) is 0 Å². The van der Waals surface area contributed by atoms with E-state index in [0.717, 1.165) is 38.9 Å². The van der Waals surface area contributed by atoms with E-state index in [1.54, 1.807) is 0 Å². The number of nitrogens with one attached hydrogen (secondary N) is 2. The number of hydrogen-bond acceptors (Lipinski definition) is 3. The van der Waals surface area contributed by atoms with Gasteiger partial charge in [-0.2, -0.15) is 0 Å². The minimum Gasteiger partial charge on any atom is -0.352 e. The van der Waals surface area contributed by atoms with E-state index in [4.69, 9.17) is 0 Å². The molecule has 0 aliphatic carbocycles. The Bertz CT molecular complexity index is 249. The van der Waals surface area contributed by atoms with E-state index >= 15 is 0 Å². The number of amides is 1. The minimum atomic E-state index is 0.0413. The average molecular weight is 225 g/mol. The third-order valence-electron chi connectivity index (χ3n) is 3.88. The lowest BCUT2D eigenvalue weighted by Crippen LogP contribution is -2.50. The maximum Gasteiger partial charge on any atom is 0.237 e. The van der Waals surface area contributed by atoms with Gasteiger partial charge < -0.3 is 15.5 Å². The van der Waals surface area contributed by atoms with Crippen molar-refractivity contribution < 1.29 is 4.79 Å². The van der Waals surface area contributed by atoms with Gasteiger partial charge in [-0.3, -0.25) is 4.79 Å². The van der Waals surface area contributed by atoms with Crippen LogP contribution >= 0.6 is 0 Å². The number of likely N-dealkylation sites (tertiary alicyclic amines) is 1. The van der Waals surface area contributed by atoms with Gasteiger partial charge in [-0.05, 0) is 51.9 Å². The summed E-state index contributed by atoms with van der Waals surface area (Å²) in [5.74, 6) is 0.686. The molecule has 4 nitrogen and oxygen atoms in total. The van der Waals surface area contributed by atoms with Crippen LogP contribution in [0.1, 0.15) is 26.2 Å². The third kappa shape index (κ3) is 2.74. The molecule has 0 spiro atoms. The highest BCUT2D eigenvalue weighted by atomic mass is 16.2. The first-order valence-corrected chi connectivity index (χ1v) is 6.39. The van der Waals surface area contributed by atoms with Crippen molar-refractivity contribution in [2.45, 2.75) is 38.3 Å². The van der Waals surface area contributed by atoms with Gasteiger partial charge >= 0.3 is 0 Å². The molecule has 4 heteroatoms. The lowest BCUT2D eigenvalue weighted by molar-refractivity contribution is -0.124. The molecule has 2 aliphatic rings. The summed E-state index contributed by atoms with van der Waals surface area (Å²) < 4.78 is 0. The Balaban J connectivity index is 1.78. The van der Waals surface area contributed by atoms with E-state index < -0.39 is 0 Å². The molecule has 0 aromatic carbocycles. The van der Waals surface area contributed by atoms with Crippen molar-refractivity contribution >= 4 is 5.91 Å². The molecule has 2 unspecified atom stereocenters. The van der Waals surface area contributed by atoms with Crippen LogP contribution in [-0.2, 0) is 4.79 Å². The van der Waals surface area contributed by atoms with Gasteiger partial charge in [0.15, 0.2) is 0 Å². The number of carbonyl (C=O) groups is 1. The number of carbonyl (C=O) groups excluding carboxylic acids is 1. The van der Waals surface area contributed by atoms with Crippen LogP contribution in [0.25, 0.3) is 0 Å². The molecule has 2 rings (SSSR count). The molecule has 2 atom stereocenters. The van der Waals surface area contributed by atoms with Crippen molar-refractivity contribution in [2.24, 2.45) is 5.92 Å². The van der Waals surface area contributed by atoms with Gasteiger partial charge in [0.25, 0.3) is 0 Å². The number of piperidine rings is 1. The summed E-state index contributed by atoms with van der Waals surface area (Å²) >= 11 is 0. The maximum absolute atomic E-state index is 12.0. The quantitative estimate of drug-likeness (QED) is 0.705. The molecule has 16 heavy (non-hydrogen) atoms. The summed E-state index contributed by atoms with van der Waals surface area (Å²) in [6.07, 6.45) is 3.29. The summed E-state index contributed by atoms with van der Waals surface area (Å²) in [4.78, 5) is 14.3. The lowest BCUT2D eigenvalue weighted by Gasteiger charge is -2.30. The average Bonchev–Trinajstić information content (AvgIpc) is 2.68. The molecule has 2 heterocycles. The normalized spacial score (nSPS) is 32.9. The number of nitrogens with zero attached hydrogens (tertiary/aromatic N) is 1. The molecule has 1 amide bonds. The SMILES string of the molecule is CC1CCNC1C(=O)NC1CCN(C)CC1.